The summed E-state index contributed by atoms with van der Waals surface area (Å²) in [5.41, 5.74) is 3.94. The van der Waals surface area contributed by atoms with Crippen molar-refractivity contribution >= 4 is 35.0 Å². The number of nitrogens with one attached hydrogen (secondary N) is 1. The molecule has 0 aliphatic rings. The van der Waals surface area contributed by atoms with Crippen LogP contribution in [0, 0.1) is 13.8 Å². The van der Waals surface area contributed by atoms with Crippen LogP contribution in [-0.2, 0) is 22.6 Å². The van der Waals surface area contributed by atoms with E-state index in [1.54, 1.807) is 17.0 Å². The number of ether oxygens (including phenoxy) is 1. The van der Waals surface area contributed by atoms with Gasteiger partial charge in [-0.2, -0.15) is 0 Å². The monoisotopic (exact) mass is 526 g/mol. The molecule has 0 heterocycles. The minimum Gasteiger partial charge on any atom is -0.484 e. The van der Waals surface area contributed by atoms with Crippen molar-refractivity contribution in [1.82, 2.24) is 10.2 Å². The lowest BCUT2D eigenvalue weighted by Crippen LogP contribution is -2.51. The van der Waals surface area contributed by atoms with Gasteiger partial charge in [0.05, 0.1) is 10.0 Å². The first-order valence-corrected chi connectivity index (χ1v) is 12.8. The van der Waals surface area contributed by atoms with Crippen LogP contribution in [0.2, 0.25) is 10.0 Å². The molecule has 3 aromatic rings. The first kappa shape index (κ1) is 27.6. The van der Waals surface area contributed by atoms with Crippen LogP contribution >= 0.6 is 23.2 Å². The van der Waals surface area contributed by atoms with Crippen molar-refractivity contribution < 1.29 is 14.3 Å². The number of hydrogen-bond acceptors (Lipinski definition) is 3. The van der Waals surface area contributed by atoms with Crippen molar-refractivity contribution in [3.05, 3.63) is 99.0 Å². The van der Waals surface area contributed by atoms with Crippen LogP contribution in [0.3, 0.4) is 0 Å². The van der Waals surface area contributed by atoms with Gasteiger partial charge in [-0.3, -0.25) is 9.59 Å². The zero-order chi connectivity index (χ0) is 26.1. The van der Waals surface area contributed by atoms with Gasteiger partial charge < -0.3 is 15.0 Å². The molecule has 0 saturated carbocycles. The highest BCUT2D eigenvalue weighted by Gasteiger charge is 2.30. The molecule has 0 bridgehead atoms. The minimum absolute atomic E-state index is 0.184. The Bertz CT molecular complexity index is 1180. The molecule has 3 aromatic carbocycles. The molecule has 190 valence electrons. The summed E-state index contributed by atoms with van der Waals surface area (Å²) in [5, 5.41) is 3.78. The van der Waals surface area contributed by atoms with E-state index in [0.717, 1.165) is 28.7 Å². The maximum atomic E-state index is 13.6. The highest BCUT2D eigenvalue weighted by molar-refractivity contribution is 6.42. The molecule has 0 fully saturated rings. The largest absolute Gasteiger partial charge is 0.484 e. The quantitative estimate of drug-likeness (QED) is 0.325. The van der Waals surface area contributed by atoms with Gasteiger partial charge in [0, 0.05) is 19.5 Å². The molecule has 1 N–H and O–H groups in total. The second kappa shape index (κ2) is 13.3. The number of carbonyl (C=O) groups is 2. The number of nitrogens with zero attached hydrogens (tertiary/aromatic N) is 1. The van der Waals surface area contributed by atoms with E-state index in [1.807, 2.05) is 75.4 Å². The number of hydrogen-bond donors (Lipinski definition) is 1. The molecule has 1 atom stereocenters. The molecule has 1 unspecified atom stereocenters. The van der Waals surface area contributed by atoms with Gasteiger partial charge >= 0.3 is 0 Å². The van der Waals surface area contributed by atoms with Gasteiger partial charge in [-0.05, 0) is 66.8 Å². The smallest absolute Gasteiger partial charge is 0.261 e. The van der Waals surface area contributed by atoms with Gasteiger partial charge in [0.15, 0.2) is 6.61 Å². The number of halogens is 2. The molecule has 0 saturated heterocycles. The summed E-state index contributed by atoms with van der Waals surface area (Å²) in [6.07, 6.45) is 1.16. The molecule has 3 rings (SSSR count). The number of aryl methyl sites for hydroxylation is 2. The Morgan fingerprint density at radius 1 is 0.917 bits per heavy atom. The fraction of sp³-hybridized carbons (Fsp3) is 0.310. The third-order valence-corrected chi connectivity index (χ3v) is 6.74. The highest BCUT2D eigenvalue weighted by atomic mass is 35.5. The van der Waals surface area contributed by atoms with E-state index in [9.17, 15) is 9.59 Å². The van der Waals surface area contributed by atoms with Crippen molar-refractivity contribution in [3.8, 4) is 5.75 Å². The summed E-state index contributed by atoms with van der Waals surface area (Å²) in [6.45, 7) is 6.51. The summed E-state index contributed by atoms with van der Waals surface area (Å²) in [7, 11) is 0. The van der Waals surface area contributed by atoms with Crippen LogP contribution in [0.15, 0.2) is 66.7 Å². The fourth-order valence-corrected chi connectivity index (χ4v) is 4.11. The van der Waals surface area contributed by atoms with Crippen LogP contribution in [0.25, 0.3) is 0 Å². The number of amides is 2. The normalized spacial score (nSPS) is 11.6. The summed E-state index contributed by atoms with van der Waals surface area (Å²) in [5.74, 6) is 0.100. The molecular formula is C29H32Cl2N2O3. The predicted molar refractivity (Wildman–Crippen MR) is 146 cm³/mol. The Kier molecular flexibility index (Phi) is 10.2. The second-order valence-electron chi connectivity index (χ2n) is 8.80. The molecule has 36 heavy (non-hydrogen) atoms. The van der Waals surface area contributed by atoms with Crippen LogP contribution in [0.1, 0.15) is 35.6 Å². The van der Waals surface area contributed by atoms with E-state index in [-0.39, 0.29) is 25.0 Å². The van der Waals surface area contributed by atoms with E-state index in [1.165, 1.54) is 0 Å². The Labute approximate surface area is 223 Å². The average molecular weight is 527 g/mol. The lowest BCUT2D eigenvalue weighted by Gasteiger charge is -2.31. The highest BCUT2D eigenvalue weighted by Crippen LogP contribution is 2.24. The summed E-state index contributed by atoms with van der Waals surface area (Å²) in [6, 6.07) is 19.9. The zero-order valence-corrected chi connectivity index (χ0v) is 22.4. The number of benzene rings is 3. The van der Waals surface area contributed by atoms with E-state index >= 15 is 0 Å². The second-order valence-corrected chi connectivity index (χ2v) is 9.62. The van der Waals surface area contributed by atoms with Gasteiger partial charge in [-0.15, -0.1) is 0 Å². The summed E-state index contributed by atoms with van der Waals surface area (Å²) in [4.78, 5) is 28.5. The van der Waals surface area contributed by atoms with E-state index in [2.05, 4.69) is 5.32 Å². The van der Waals surface area contributed by atoms with Crippen LogP contribution < -0.4 is 10.1 Å². The van der Waals surface area contributed by atoms with Crippen LogP contribution in [-0.4, -0.2) is 35.9 Å². The fourth-order valence-electron chi connectivity index (χ4n) is 3.79. The molecule has 0 spiro atoms. The SMILES string of the molecule is CCCNC(=O)C(Cc1ccccc1)N(Cc1ccc(Cl)c(Cl)c1)C(=O)COc1ccc(C)c(C)c1. The van der Waals surface area contributed by atoms with Crippen LogP contribution in [0.4, 0.5) is 0 Å². The standard InChI is InChI=1S/C29H32Cl2N2O3/c1-4-14-32-29(35)27(17-22-8-6-5-7-9-22)33(18-23-11-13-25(30)26(31)16-23)28(34)19-36-24-12-10-20(2)21(3)15-24/h5-13,15-16,27H,4,14,17-19H2,1-3H3,(H,32,35). The maximum Gasteiger partial charge on any atom is 0.261 e. The minimum atomic E-state index is -0.732. The Morgan fingerprint density at radius 3 is 2.33 bits per heavy atom. The van der Waals surface area contributed by atoms with E-state index < -0.39 is 6.04 Å². The predicted octanol–water partition coefficient (Wildman–Crippen LogP) is 6.16. The summed E-state index contributed by atoms with van der Waals surface area (Å²) >= 11 is 12.3. The van der Waals surface area contributed by atoms with Crippen LogP contribution in [0.5, 0.6) is 5.75 Å². The van der Waals surface area contributed by atoms with Gasteiger partial charge in [0.25, 0.3) is 5.91 Å². The van der Waals surface area contributed by atoms with Gasteiger partial charge in [0.2, 0.25) is 5.91 Å². The molecule has 0 aliphatic carbocycles. The van der Waals surface area contributed by atoms with Gasteiger partial charge in [-0.1, -0.05) is 72.6 Å². The Morgan fingerprint density at radius 2 is 1.67 bits per heavy atom. The molecular weight excluding hydrogens is 495 g/mol. The third-order valence-electron chi connectivity index (χ3n) is 6.00. The third kappa shape index (κ3) is 7.74. The van der Waals surface area contributed by atoms with Crippen molar-refractivity contribution in [1.29, 1.82) is 0 Å². The average Bonchev–Trinajstić information content (AvgIpc) is 2.87. The molecule has 5 nitrogen and oxygen atoms in total. The Balaban J connectivity index is 1.91. The zero-order valence-electron chi connectivity index (χ0n) is 20.9. The van der Waals surface area contributed by atoms with Gasteiger partial charge in [0.1, 0.15) is 11.8 Å². The van der Waals surface area contributed by atoms with Gasteiger partial charge in [-0.25, -0.2) is 0 Å². The van der Waals surface area contributed by atoms with Crippen molar-refractivity contribution in [2.24, 2.45) is 0 Å². The number of rotatable bonds is 11. The lowest BCUT2D eigenvalue weighted by molar-refractivity contribution is -0.142. The molecule has 0 aliphatic heterocycles. The first-order valence-electron chi connectivity index (χ1n) is 12.0. The van der Waals surface area contributed by atoms with Crippen molar-refractivity contribution in [2.45, 2.75) is 46.2 Å². The molecule has 0 radical (unpaired) electrons. The van der Waals surface area contributed by atoms with Crippen molar-refractivity contribution in [3.63, 3.8) is 0 Å². The topological polar surface area (TPSA) is 58.6 Å². The number of carbonyl (C=O) groups excluding carboxylic acids is 2. The summed E-state index contributed by atoms with van der Waals surface area (Å²) < 4.78 is 5.86. The Hall–Kier alpha value is -3.02. The van der Waals surface area contributed by atoms with Crippen molar-refractivity contribution in [2.75, 3.05) is 13.2 Å². The molecule has 0 aromatic heterocycles. The first-order chi connectivity index (χ1) is 17.3. The van der Waals surface area contributed by atoms with E-state index in [4.69, 9.17) is 27.9 Å². The molecule has 2 amide bonds. The van der Waals surface area contributed by atoms with E-state index in [0.29, 0.717) is 28.8 Å². The maximum absolute atomic E-state index is 13.6. The lowest BCUT2D eigenvalue weighted by atomic mass is 10.0. The molecule has 7 heteroatoms.